The number of hydrogen-bond acceptors (Lipinski definition) is 10. The first kappa shape index (κ1) is 36.7. The number of aromatic nitrogens is 4. The summed E-state index contributed by atoms with van der Waals surface area (Å²) >= 11 is 1.90. The van der Waals surface area contributed by atoms with E-state index < -0.39 is 0 Å². The van der Waals surface area contributed by atoms with Gasteiger partial charge in [-0.15, -0.1) is 0 Å². The fourth-order valence-corrected chi connectivity index (χ4v) is 7.58. The molecule has 270 valence electrons. The van der Waals surface area contributed by atoms with Crippen molar-refractivity contribution in [2.75, 3.05) is 24.6 Å². The Balaban J connectivity index is 0.900. The van der Waals surface area contributed by atoms with Crippen LogP contribution in [0.15, 0.2) is 24.3 Å². The number of hydrogen-bond donors (Lipinski definition) is 7. The third kappa shape index (κ3) is 11.2. The lowest BCUT2D eigenvalue weighted by molar-refractivity contribution is -0.122. The predicted molar refractivity (Wildman–Crippen MR) is 191 cm³/mol. The van der Waals surface area contributed by atoms with E-state index in [9.17, 15) is 19.2 Å². The quantitative estimate of drug-likeness (QED) is 0.0672. The number of thioether (sulfide) groups is 1. The molecule has 3 aromatic rings. The van der Waals surface area contributed by atoms with Gasteiger partial charge in [0.1, 0.15) is 12.4 Å². The summed E-state index contributed by atoms with van der Waals surface area (Å²) in [6.45, 7) is 3.35. The highest BCUT2D eigenvalue weighted by molar-refractivity contribution is 8.00. The number of rotatable bonds is 20. The fraction of sp³-hybridized carbons (Fsp3) is 0.559. The predicted octanol–water partition coefficient (Wildman–Crippen LogP) is 2.60. The number of carbonyl (C=O) groups is 4. The van der Waals surface area contributed by atoms with Crippen LogP contribution < -0.4 is 37.1 Å². The van der Waals surface area contributed by atoms with Crippen LogP contribution in [0.2, 0.25) is 0 Å². The molecule has 2 fully saturated rings. The summed E-state index contributed by atoms with van der Waals surface area (Å²) in [6.07, 6.45) is 7.54. The van der Waals surface area contributed by atoms with E-state index in [1.165, 1.54) is 6.92 Å². The molecule has 5 amide bonds. The van der Waals surface area contributed by atoms with Crippen LogP contribution in [0.25, 0.3) is 11.2 Å². The van der Waals surface area contributed by atoms with Crippen LogP contribution in [-0.4, -0.2) is 79.9 Å². The molecule has 5 rings (SSSR count). The number of H-pyrrole nitrogens is 1. The number of urea groups is 1. The molecule has 0 saturated carbocycles. The van der Waals surface area contributed by atoms with Gasteiger partial charge < -0.3 is 42.0 Å². The van der Waals surface area contributed by atoms with E-state index in [2.05, 4.69) is 46.5 Å². The molecule has 16 heteroatoms. The van der Waals surface area contributed by atoms with E-state index in [0.29, 0.717) is 67.6 Å². The minimum absolute atomic E-state index is 0.0100. The zero-order valence-electron chi connectivity index (χ0n) is 28.5. The molecule has 2 aliphatic rings. The third-order valence-corrected chi connectivity index (χ3v) is 10.2. The van der Waals surface area contributed by atoms with Crippen molar-refractivity contribution in [3.8, 4) is 5.88 Å². The number of aryl methyl sites for hydroxylation is 1. The number of carbonyl (C=O) groups excluding carboxylic acids is 4. The molecule has 0 unspecified atom stereocenters. The number of nitrogen functional groups attached to an aromatic ring is 1. The molecule has 0 aliphatic carbocycles. The van der Waals surface area contributed by atoms with Gasteiger partial charge in [0.15, 0.2) is 11.2 Å². The van der Waals surface area contributed by atoms with Crippen LogP contribution in [-0.2, 0) is 34.0 Å². The molecule has 3 atom stereocenters. The average Bonchev–Trinajstić information content (AvgIpc) is 3.79. The van der Waals surface area contributed by atoms with Gasteiger partial charge in [0.2, 0.25) is 29.5 Å². The van der Waals surface area contributed by atoms with Crippen LogP contribution in [0.1, 0.15) is 81.7 Å². The smallest absolute Gasteiger partial charge is 0.315 e. The van der Waals surface area contributed by atoms with E-state index in [4.69, 9.17) is 10.5 Å². The zero-order chi connectivity index (χ0) is 35.3. The Hall–Kier alpha value is -4.60. The molecule has 50 heavy (non-hydrogen) atoms. The lowest BCUT2D eigenvalue weighted by Crippen LogP contribution is -2.36. The minimum Gasteiger partial charge on any atom is -0.471 e. The zero-order valence-corrected chi connectivity index (χ0v) is 29.3. The molecule has 2 aliphatic heterocycles. The fourth-order valence-electron chi connectivity index (χ4n) is 6.04. The Morgan fingerprint density at radius 2 is 1.62 bits per heavy atom. The molecule has 4 heterocycles. The largest absolute Gasteiger partial charge is 0.471 e. The third-order valence-electron chi connectivity index (χ3n) is 8.71. The number of fused-ring (bicyclic) bond motifs is 2. The minimum atomic E-state index is -0.0790. The van der Waals surface area contributed by atoms with Crippen molar-refractivity contribution < 1.29 is 23.9 Å². The lowest BCUT2D eigenvalue weighted by Gasteiger charge is -2.16. The average molecular weight is 709 g/mol. The highest BCUT2D eigenvalue weighted by Gasteiger charge is 2.42. The molecule has 2 saturated heterocycles. The summed E-state index contributed by atoms with van der Waals surface area (Å²) in [4.78, 5) is 63.4. The number of aromatic amines is 1. The first-order valence-corrected chi connectivity index (χ1v) is 18.5. The molecule has 0 radical (unpaired) electrons. The van der Waals surface area contributed by atoms with Gasteiger partial charge in [-0.3, -0.25) is 14.4 Å². The Bertz CT molecular complexity index is 1620. The van der Waals surface area contributed by atoms with Crippen LogP contribution in [0.5, 0.6) is 5.88 Å². The van der Waals surface area contributed by atoms with Crippen molar-refractivity contribution in [2.24, 2.45) is 0 Å². The number of benzene rings is 1. The first-order valence-electron chi connectivity index (χ1n) is 17.4. The summed E-state index contributed by atoms with van der Waals surface area (Å²) in [7, 11) is 0. The maximum atomic E-state index is 12.3. The Morgan fingerprint density at radius 3 is 2.38 bits per heavy atom. The maximum absolute atomic E-state index is 12.3. The van der Waals surface area contributed by atoms with Crippen molar-refractivity contribution in [2.45, 2.75) is 102 Å². The summed E-state index contributed by atoms with van der Waals surface area (Å²) < 4.78 is 5.94. The van der Waals surface area contributed by atoms with Gasteiger partial charge in [-0.25, -0.2) is 9.78 Å². The molecule has 8 N–H and O–H groups in total. The Morgan fingerprint density at radius 1 is 0.900 bits per heavy atom. The second-order valence-corrected chi connectivity index (χ2v) is 14.0. The van der Waals surface area contributed by atoms with E-state index >= 15 is 0 Å². The molecular formula is C34H48N10O5S. The highest BCUT2D eigenvalue weighted by Crippen LogP contribution is 2.33. The van der Waals surface area contributed by atoms with E-state index in [1.807, 2.05) is 36.0 Å². The topological polar surface area (TPSA) is 218 Å². The van der Waals surface area contributed by atoms with Crippen molar-refractivity contribution in [3.63, 3.8) is 0 Å². The highest BCUT2D eigenvalue weighted by atomic mass is 32.2. The monoisotopic (exact) mass is 708 g/mol. The van der Waals surface area contributed by atoms with Crippen molar-refractivity contribution in [1.82, 2.24) is 46.5 Å². The Kier molecular flexibility index (Phi) is 13.5. The number of nitrogens with two attached hydrogens (primary N) is 1. The normalized spacial score (nSPS) is 17.9. The number of ether oxygens (including phenoxy) is 1. The number of amides is 5. The Labute approximate surface area is 295 Å². The van der Waals surface area contributed by atoms with E-state index in [1.54, 1.807) is 0 Å². The maximum Gasteiger partial charge on any atom is 0.315 e. The van der Waals surface area contributed by atoms with Gasteiger partial charge in [-0.2, -0.15) is 21.7 Å². The standard InChI is InChI=1S/C34H48N10O5S/c1-21(45)38-18-22-12-14-23(15-13-22)19-49-32-30-31(43-33(35)44-32)41-26(40-30)9-7-17-37-27(46)10-3-2-6-16-36-28(47)11-5-4-8-25-29-24(20-50-25)39-34(48)42-29/h12-15,24-25,29H,2-11,16-20H2,1H3,(H,36,47)(H,37,46)(H,38,45)(H2,39,42,48)(H3,35,40,41,43,44)/t24-,25-,29-/m1/s1. The van der Waals surface area contributed by atoms with Gasteiger partial charge in [0, 0.05) is 56.8 Å². The molecule has 15 nitrogen and oxygen atoms in total. The van der Waals surface area contributed by atoms with Crippen LogP contribution in [0, 0.1) is 0 Å². The van der Waals surface area contributed by atoms with Gasteiger partial charge in [0.25, 0.3) is 0 Å². The summed E-state index contributed by atoms with van der Waals surface area (Å²) in [6, 6.07) is 8.10. The number of anilines is 1. The first-order chi connectivity index (χ1) is 24.2. The summed E-state index contributed by atoms with van der Waals surface area (Å²) in [5, 5.41) is 15.1. The van der Waals surface area contributed by atoms with Gasteiger partial charge >= 0.3 is 6.03 Å². The van der Waals surface area contributed by atoms with Crippen LogP contribution in [0.4, 0.5) is 10.7 Å². The molecule has 1 aromatic carbocycles. The van der Waals surface area contributed by atoms with E-state index in [-0.39, 0.29) is 54.3 Å². The molecule has 2 aromatic heterocycles. The van der Waals surface area contributed by atoms with Crippen LogP contribution >= 0.6 is 11.8 Å². The summed E-state index contributed by atoms with van der Waals surface area (Å²) in [5.41, 5.74) is 8.80. The van der Waals surface area contributed by atoms with Gasteiger partial charge in [-0.1, -0.05) is 37.1 Å². The molecule has 0 bridgehead atoms. The number of imidazole rings is 1. The van der Waals surface area contributed by atoms with Crippen molar-refractivity contribution >= 4 is 52.6 Å². The number of nitrogens with zero attached hydrogens (tertiary/aromatic N) is 3. The second kappa shape index (κ2) is 18.4. The molecule has 0 spiro atoms. The SMILES string of the molecule is CC(=O)NCc1ccc(COc2nc(N)nc3[nH]c(CCCNC(=O)CCCCCNC(=O)CCCC[C@H]4SC[C@H]5NC(=O)N[C@H]54)nc23)cc1. The number of nitrogens with one attached hydrogen (secondary N) is 6. The van der Waals surface area contributed by atoms with Gasteiger partial charge in [0.05, 0.1) is 12.1 Å². The van der Waals surface area contributed by atoms with Gasteiger partial charge in [-0.05, 0) is 43.2 Å². The summed E-state index contributed by atoms with van der Waals surface area (Å²) in [5.74, 6) is 2.02. The second-order valence-electron chi connectivity index (χ2n) is 12.8. The van der Waals surface area contributed by atoms with Crippen molar-refractivity contribution in [1.29, 1.82) is 0 Å². The van der Waals surface area contributed by atoms with Crippen molar-refractivity contribution in [3.05, 3.63) is 41.2 Å². The lowest BCUT2D eigenvalue weighted by atomic mass is 10.0. The number of unbranched alkanes of at least 4 members (excludes halogenated alkanes) is 3. The van der Waals surface area contributed by atoms with Crippen LogP contribution in [0.3, 0.4) is 0 Å². The van der Waals surface area contributed by atoms with E-state index in [0.717, 1.165) is 55.4 Å². The molecular weight excluding hydrogens is 661 g/mol.